The number of anilines is 1. The second kappa shape index (κ2) is 8.91. The summed E-state index contributed by atoms with van der Waals surface area (Å²) in [6.45, 7) is 2.53. The van der Waals surface area contributed by atoms with Gasteiger partial charge < -0.3 is 24.1 Å². The van der Waals surface area contributed by atoms with E-state index < -0.39 is 17.7 Å². The number of hydrogen-bond donors (Lipinski definition) is 1. The van der Waals surface area contributed by atoms with Gasteiger partial charge in [0.1, 0.15) is 24.0 Å². The van der Waals surface area contributed by atoms with Gasteiger partial charge in [0.2, 0.25) is 5.13 Å². The van der Waals surface area contributed by atoms with Crippen molar-refractivity contribution < 1.29 is 33.6 Å². The zero-order valence-corrected chi connectivity index (χ0v) is 19.9. The predicted molar refractivity (Wildman–Crippen MR) is 126 cm³/mol. The lowest BCUT2D eigenvalue weighted by molar-refractivity contribution is -0.132. The number of methoxy groups -OCH3 is 2. The second-order valence-corrected chi connectivity index (χ2v) is 8.91. The minimum Gasteiger partial charge on any atom is -0.507 e. The number of ether oxygens (including phenoxy) is 4. The molecule has 3 aromatic rings. The highest BCUT2D eigenvalue weighted by molar-refractivity contribution is 7.15. The van der Waals surface area contributed by atoms with Gasteiger partial charge in [0, 0.05) is 5.56 Å². The van der Waals surface area contributed by atoms with Crippen LogP contribution in [0, 0.1) is 6.92 Å². The van der Waals surface area contributed by atoms with Gasteiger partial charge in [-0.1, -0.05) is 17.4 Å². The van der Waals surface area contributed by atoms with E-state index in [1.54, 1.807) is 43.3 Å². The van der Waals surface area contributed by atoms with E-state index in [1.807, 2.05) is 0 Å². The number of carbonyl (C=O) groups is 2. The lowest BCUT2D eigenvalue weighted by atomic mass is 9.95. The van der Waals surface area contributed by atoms with E-state index in [-0.39, 0.29) is 16.5 Å². The van der Waals surface area contributed by atoms with Crippen molar-refractivity contribution in [2.45, 2.75) is 13.0 Å². The van der Waals surface area contributed by atoms with Crippen LogP contribution < -0.4 is 23.8 Å². The van der Waals surface area contributed by atoms with E-state index in [0.29, 0.717) is 52.3 Å². The van der Waals surface area contributed by atoms with E-state index in [4.69, 9.17) is 18.9 Å². The molecule has 1 aromatic heterocycles. The first-order chi connectivity index (χ1) is 16.9. The molecular formula is C24H21N3O7S. The lowest BCUT2D eigenvalue weighted by Crippen LogP contribution is -2.29. The highest BCUT2D eigenvalue weighted by Gasteiger charge is 2.48. The van der Waals surface area contributed by atoms with Gasteiger partial charge >= 0.3 is 5.91 Å². The Morgan fingerprint density at radius 3 is 2.46 bits per heavy atom. The quantitative estimate of drug-likeness (QED) is 0.323. The fourth-order valence-electron chi connectivity index (χ4n) is 4.10. The molecule has 0 aliphatic carbocycles. The molecule has 11 heteroatoms. The molecule has 2 aliphatic rings. The summed E-state index contributed by atoms with van der Waals surface area (Å²) in [5.74, 6) is -0.143. The van der Waals surface area contributed by atoms with Crippen molar-refractivity contribution in [1.29, 1.82) is 0 Å². The molecule has 1 atom stereocenters. The van der Waals surface area contributed by atoms with Gasteiger partial charge in [-0.2, -0.15) is 0 Å². The maximum absolute atomic E-state index is 13.3. The van der Waals surface area contributed by atoms with Crippen LogP contribution in [-0.4, -0.2) is 54.4 Å². The van der Waals surface area contributed by atoms with Crippen LogP contribution in [0.5, 0.6) is 23.0 Å². The standard InChI is InChI=1S/C24H21N3O7S/c1-12-25-26-24(35-12)27-20(13-4-6-15(31-2)17(10-13)32-3)19(22(29)23(27)30)21(28)14-5-7-16-18(11-14)34-9-8-33-16/h4-7,10-11,20,28H,8-9H2,1-3H3/b21-19+. The molecule has 0 saturated carbocycles. The van der Waals surface area contributed by atoms with E-state index in [2.05, 4.69) is 10.2 Å². The highest BCUT2D eigenvalue weighted by atomic mass is 32.1. The van der Waals surface area contributed by atoms with Crippen molar-refractivity contribution in [1.82, 2.24) is 10.2 Å². The maximum Gasteiger partial charge on any atom is 0.301 e. The minimum absolute atomic E-state index is 0.0910. The monoisotopic (exact) mass is 495 g/mol. The molecule has 0 bridgehead atoms. The molecule has 0 spiro atoms. The van der Waals surface area contributed by atoms with Crippen LogP contribution in [-0.2, 0) is 9.59 Å². The van der Waals surface area contributed by atoms with Crippen molar-refractivity contribution in [2.24, 2.45) is 0 Å². The number of benzene rings is 2. The highest BCUT2D eigenvalue weighted by Crippen LogP contribution is 2.45. The van der Waals surface area contributed by atoms with Crippen molar-refractivity contribution in [2.75, 3.05) is 32.3 Å². The van der Waals surface area contributed by atoms with E-state index in [0.717, 1.165) is 0 Å². The van der Waals surface area contributed by atoms with Crippen molar-refractivity contribution in [3.8, 4) is 23.0 Å². The summed E-state index contributed by atoms with van der Waals surface area (Å²) in [6.07, 6.45) is 0. The number of carbonyl (C=O) groups excluding carboxylic acids is 2. The molecule has 2 aromatic carbocycles. The summed E-state index contributed by atoms with van der Waals surface area (Å²) in [7, 11) is 3.00. The van der Waals surface area contributed by atoms with Gasteiger partial charge in [-0.3, -0.25) is 14.5 Å². The third kappa shape index (κ3) is 3.83. The Hall–Kier alpha value is -4.12. The number of aromatic nitrogens is 2. The molecule has 10 nitrogen and oxygen atoms in total. The van der Waals surface area contributed by atoms with Gasteiger partial charge in [-0.15, -0.1) is 10.2 Å². The van der Waals surface area contributed by atoms with Gasteiger partial charge in [-0.05, 0) is 42.8 Å². The Bertz CT molecular complexity index is 1370. The first-order valence-corrected chi connectivity index (χ1v) is 11.5. The maximum atomic E-state index is 13.3. The molecule has 180 valence electrons. The summed E-state index contributed by atoms with van der Waals surface area (Å²) >= 11 is 1.17. The lowest BCUT2D eigenvalue weighted by Gasteiger charge is -2.23. The Morgan fingerprint density at radius 2 is 1.77 bits per heavy atom. The first kappa shape index (κ1) is 22.7. The van der Waals surface area contributed by atoms with Crippen molar-refractivity contribution in [3.63, 3.8) is 0 Å². The van der Waals surface area contributed by atoms with Gasteiger partial charge in [0.25, 0.3) is 5.78 Å². The summed E-state index contributed by atoms with van der Waals surface area (Å²) < 4.78 is 21.9. The molecule has 0 radical (unpaired) electrons. The first-order valence-electron chi connectivity index (χ1n) is 10.7. The summed E-state index contributed by atoms with van der Waals surface area (Å²) in [6, 6.07) is 8.90. The van der Waals surface area contributed by atoms with Crippen LogP contribution in [0.15, 0.2) is 42.0 Å². The van der Waals surface area contributed by atoms with Crippen LogP contribution in [0.2, 0.25) is 0 Å². The summed E-state index contributed by atoms with van der Waals surface area (Å²) in [5, 5.41) is 20.3. The summed E-state index contributed by atoms with van der Waals surface area (Å²) in [4.78, 5) is 27.8. The van der Waals surface area contributed by atoms with Crippen molar-refractivity contribution in [3.05, 3.63) is 58.1 Å². The number of ketones is 1. The normalized spacial score (nSPS) is 18.6. The van der Waals surface area contributed by atoms with Gasteiger partial charge in [0.15, 0.2) is 23.0 Å². The largest absolute Gasteiger partial charge is 0.507 e. The Kier molecular flexibility index (Phi) is 5.77. The minimum atomic E-state index is -0.977. The third-order valence-electron chi connectivity index (χ3n) is 5.70. The fraction of sp³-hybridized carbons (Fsp3) is 0.250. The van der Waals surface area contributed by atoms with Crippen LogP contribution in [0.25, 0.3) is 5.76 Å². The second-order valence-electron chi connectivity index (χ2n) is 7.75. The number of amides is 1. The van der Waals surface area contributed by atoms with Gasteiger partial charge in [-0.25, -0.2) is 0 Å². The average molecular weight is 496 g/mol. The zero-order chi connectivity index (χ0) is 24.7. The number of aliphatic hydroxyl groups excluding tert-OH is 1. The molecule has 1 N–H and O–H groups in total. The number of hydrogen-bond acceptors (Lipinski definition) is 10. The molecular weight excluding hydrogens is 474 g/mol. The third-order valence-corrected chi connectivity index (χ3v) is 6.54. The van der Waals surface area contributed by atoms with E-state index >= 15 is 0 Å². The van der Waals surface area contributed by atoms with Crippen LogP contribution in [0.4, 0.5) is 5.13 Å². The molecule has 1 fully saturated rings. The zero-order valence-electron chi connectivity index (χ0n) is 19.1. The van der Waals surface area contributed by atoms with Crippen LogP contribution >= 0.6 is 11.3 Å². The predicted octanol–water partition coefficient (Wildman–Crippen LogP) is 3.26. The Morgan fingerprint density at radius 1 is 1.03 bits per heavy atom. The molecule has 1 saturated heterocycles. The van der Waals surface area contributed by atoms with Crippen molar-refractivity contribution >= 4 is 33.9 Å². The van der Waals surface area contributed by atoms with Gasteiger partial charge in [0.05, 0.1) is 25.8 Å². The van der Waals surface area contributed by atoms with E-state index in [9.17, 15) is 14.7 Å². The van der Waals surface area contributed by atoms with Crippen LogP contribution in [0.3, 0.4) is 0 Å². The molecule has 35 heavy (non-hydrogen) atoms. The topological polar surface area (TPSA) is 120 Å². The number of fused-ring (bicyclic) bond motifs is 1. The summed E-state index contributed by atoms with van der Waals surface area (Å²) in [5.41, 5.74) is 0.742. The number of nitrogens with zero attached hydrogens (tertiary/aromatic N) is 3. The molecule has 2 aliphatic heterocycles. The van der Waals surface area contributed by atoms with Crippen LogP contribution in [0.1, 0.15) is 22.2 Å². The Labute approximate surface area is 204 Å². The molecule has 3 heterocycles. The number of Topliss-reactive ketones (excluding diaryl/α,β-unsaturated/α-hetero) is 1. The Balaban J connectivity index is 1.70. The molecule has 1 amide bonds. The molecule has 5 rings (SSSR count). The smallest absolute Gasteiger partial charge is 0.301 e. The number of aryl methyl sites for hydroxylation is 1. The molecule has 1 unspecified atom stereocenters. The number of rotatable bonds is 5. The van der Waals surface area contributed by atoms with E-state index in [1.165, 1.54) is 30.5 Å². The SMILES string of the molecule is COc1ccc(C2/C(=C(\O)c3ccc4c(c3)OCCO4)C(=O)C(=O)N2c2nnc(C)s2)cc1OC. The number of aliphatic hydroxyl groups is 1. The average Bonchev–Trinajstić information content (AvgIpc) is 3.42. The fourth-order valence-corrected chi connectivity index (χ4v) is 4.81.